The molecule has 1 N–H and O–H groups in total. The highest BCUT2D eigenvalue weighted by Crippen LogP contribution is 2.48. The highest BCUT2D eigenvalue weighted by Gasteiger charge is 2.64. The van der Waals surface area contributed by atoms with Gasteiger partial charge >= 0.3 is 18.1 Å². The molecule has 0 fully saturated rings. The zero-order valence-electron chi connectivity index (χ0n) is 10.8. The molecule has 0 unspecified atom stereocenters. The fourth-order valence-corrected chi connectivity index (χ4v) is 2.05. The van der Waals surface area contributed by atoms with Crippen LogP contribution in [-0.2, 0) is 15.3 Å². The van der Waals surface area contributed by atoms with Crippen LogP contribution in [-0.4, -0.2) is 18.9 Å². The summed E-state index contributed by atoms with van der Waals surface area (Å²) in [4.78, 5) is 11.4. The van der Waals surface area contributed by atoms with Crippen LogP contribution in [0.2, 0.25) is 5.02 Å². The van der Waals surface area contributed by atoms with Crippen molar-refractivity contribution in [2.75, 3.05) is 11.9 Å². The Morgan fingerprint density at radius 2 is 2.19 bits per heavy atom. The maximum absolute atomic E-state index is 13.5. The Hall–Kier alpha value is -1.73. The molecule has 21 heavy (non-hydrogen) atoms. The van der Waals surface area contributed by atoms with Crippen molar-refractivity contribution >= 4 is 23.4 Å². The van der Waals surface area contributed by atoms with E-state index in [1.807, 2.05) is 0 Å². The van der Waals surface area contributed by atoms with Gasteiger partial charge in [0.25, 0.3) is 0 Å². The molecule has 1 aromatic carbocycles. The van der Waals surface area contributed by atoms with Gasteiger partial charge in [0.2, 0.25) is 0 Å². The van der Waals surface area contributed by atoms with Gasteiger partial charge in [-0.1, -0.05) is 23.8 Å². The number of ether oxygens (including phenoxy) is 2. The molecule has 2 rings (SSSR count). The van der Waals surface area contributed by atoms with Gasteiger partial charge in [-0.2, -0.15) is 13.2 Å². The van der Waals surface area contributed by atoms with Gasteiger partial charge in [-0.05, 0) is 25.1 Å². The first-order valence-corrected chi connectivity index (χ1v) is 6.30. The maximum atomic E-state index is 13.5. The molecule has 0 bridgehead atoms. The summed E-state index contributed by atoms with van der Waals surface area (Å²) in [6.07, 6.45) is -3.33. The number of halogens is 4. The number of benzene rings is 1. The second-order valence-electron chi connectivity index (χ2n) is 4.20. The zero-order valence-corrected chi connectivity index (χ0v) is 11.6. The lowest BCUT2D eigenvalue weighted by Gasteiger charge is -2.38. The SMILES string of the molecule is C/C=C/CO[C@]1(C(F)(F)F)OC(=O)Nc2ccc(Cl)cc21. The monoisotopic (exact) mass is 321 g/mol. The summed E-state index contributed by atoms with van der Waals surface area (Å²) < 4.78 is 49.9. The predicted molar refractivity (Wildman–Crippen MR) is 70.1 cm³/mol. The van der Waals surface area contributed by atoms with Gasteiger partial charge in [0.05, 0.1) is 17.9 Å². The molecule has 1 aliphatic rings. The number of fused-ring (bicyclic) bond motifs is 1. The number of alkyl halides is 3. The van der Waals surface area contributed by atoms with E-state index in [-0.39, 0.29) is 17.3 Å². The third-order valence-electron chi connectivity index (χ3n) is 2.80. The van der Waals surface area contributed by atoms with Gasteiger partial charge in [-0.15, -0.1) is 0 Å². The lowest BCUT2D eigenvalue weighted by molar-refractivity contribution is -0.368. The summed E-state index contributed by atoms with van der Waals surface area (Å²) in [6.45, 7) is 1.25. The molecule has 1 aliphatic heterocycles. The highest BCUT2D eigenvalue weighted by molar-refractivity contribution is 6.30. The number of hydrogen-bond donors (Lipinski definition) is 1. The standard InChI is InChI=1S/C13H11ClF3NO3/c1-2-3-6-20-12(13(15,16)17)9-7-8(14)4-5-10(9)18-11(19)21-12/h2-5,7H,6H2,1H3,(H,18,19)/b3-2+/t12-/m0/s1. The molecule has 114 valence electrons. The lowest BCUT2D eigenvalue weighted by atomic mass is 10.0. The van der Waals surface area contributed by atoms with Gasteiger partial charge in [-0.3, -0.25) is 5.32 Å². The summed E-state index contributed by atoms with van der Waals surface area (Å²) in [5.74, 6) is -3.19. The van der Waals surface area contributed by atoms with Gasteiger partial charge in [0.15, 0.2) is 0 Å². The fourth-order valence-electron chi connectivity index (χ4n) is 1.88. The number of nitrogens with one attached hydrogen (secondary N) is 1. The quantitative estimate of drug-likeness (QED) is 0.848. The van der Waals surface area contributed by atoms with Crippen LogP contribution >= 0.6 is 11.6 Å². The number of rotatable bonds is 3. The molecule has 1 atom stereocenters. The summed E-state index contributed by atoms with van der Waals surface area (Å²) in [5, 5.41) is 2.25. The van der Waals surface area contributed by atoms with Crippen LogP contribution in [0, 0.1) is 0 Å². The molecule has 1 amide bonds. The van der Waals surface area contributed by atoms with Crippen LogP contribution in [0.15, 0.2) is 30.4 Å². The molecular formula is C13H11ClF3NO3. The number of hydrogen-bond acceptors (Lipinski definition) is 3. The van der Waals surface area contributed by atoms with Crippen LogP contribution in [0.5, 0.6) is 0 Å². The van der Waals surface area contributed by atoms with E-state index in [2.05, 4.69) is 10.1 Å². The van der Waals surface area contributed by atoms with E-state index in [1.165, 1.54) is 24.3 Å². The molecule has 1 heterocycles. The van der Waals surface area contributed by atoms with E-state index in [4.69, 9.17) is 16.3 Å². The zero-order chi connectivity index (χ0) is 15.7. The summed E-state index contributed by atoms with van der Waals surface area (Å²) in [5.41, 5.74) is -0.458. The van der Waals surface area contributed by atoms with Crippen molar-refractivity contribution < 1.29 is 27.4 Å². The first kappa shape index (κ1) is 15.7. The van der Waals surface area contributed by atoms with E-state index in [9.17, 15) is 18.0 Å². The van der Waals surface area contributed by atoms with E-state index in [0.29, 0.717) is 0 Å². The van der Waals surface area contributed by atoms with Crippen molar-refractivity contribution in [2.45, 2.75) is 18.9 Å². The largest absolute Gasteiger partial charge is 0.460 e. The van der Waals surface area contributed by atoms with Crippen LogP contribution in [0.4, 0.5) is 23.7 Å². The number of carbonyl (C=O) groups excluding carboxylic acids is 1. The number of anilines is 1. The van der Waals surface area contributed by atoms with Gasteiger partial charge < -0.3 is 9.47 Å². The van der Waals surface area contributed by atoms with Crippen LogP contribution in [0.3, 0.4) is 0 Å². The minimum Gasteiger partial charge on any atom is -0.402 e. The average Bonchev–Trinajstić information content (AvgIpc) is 2.38. The van der Waals surface area contributed by atoms with Crippen LogP contribution in [0.25, 0.3) is 0 Å². The third-order valence-corrected chi connectivity index (χ3v) is 3.04. The number of carbonyl (C=O) groups is 1. The minimum atomic E-state index is -4.97. The van der Waals surface area contributed by atoms with E-state index in [1.54, 1.807) is 6.92 Å². The van der Waals surface area contributed by atoms with Gasteiger partial charge in [0, 0.05) is 5.02 Å². The first-order chi connectivity index (χ1) is 9.80. The van der Waals surface area contributed by atoms with E-state index < -0.39 is 23.6 Å². The van der Waals surface area contributed by atoms with Crippen molar-refractivity contribution in [3.63, 3.8) is 0 Å². The molecule has 8 heteroatoms. The molecule has 0 saturated heterocycles. The Kier molecular flexibility index (Phi) is 4.15. The summed E-state index contributed by atoms with van der Waals surface area (Å²) in [7, 11) is 0. The van der Waals surface area contributed by atoms with Crippen molar-refractivity contribution in [1.82, 2.24) is 0 Å². The van der Waals surface area contributed by atoms with Crippen molar-refractivity contribution in [3.8, 4) is 0 Å². The fraction of sp³-hybridized carbons (Fsp3) is 0.308. The number of cyclic esters (lactones) is 1. The molecule has 0 radical (unpaired) electrons. The molecular weight excluding hydrogens is 311 g/mol. The Morgan fingerprint density at radius 1 is 1.48 bits per heavy atom. The van der Waals surface area contributed by atoms with Gasteiger partial charge in [-0.25, -0.2) is 4.79 Å². The molecule has 0 saturated carbocycles. The molecule has 4 nitrogen and oxygen atoms in total. The third kappa shape index (κ3) is 2.84. The van der Waals surface area contributed by atoms with Gasteiger partial charge in [0.1, 0.15) is 0 Å². The molecule has 1 aromatic rings. The Morgan fingerprint density at radius 3 is 2.81 bits per heavy atom. The number of allylic oxidation sites excluding steroid dienone is 1. The average molecular weight is 322 g/mol. The highest BCUT2D eigenvalue weighted by atomic mass is 35.5. The molecule has 0 aromatic heterocycles. The predicted octanol–water partition coefficient (Wildman–Crippen LogP) is 4.21. The summed E-state index contributed by atoms with van der Waals surface area (Å²) >= 11 is 5.75. The smallest absolute Gasteiger partial charge is 0.402 e. The second kappa shape index (κ2) is 5.57. The normalized spacial score (nSPS) is 21.9. The van der Waals surface area contributed by atoms with Crippen molar-refractivity contribution in [1.29, 1.82) is 0 Å². The molecule has 0 aliphatic carbocycles. The lowest BCUT2D eigenvalue weighted by Crippen LogP contribution is -2.52. The van der Waals surface area contributed by atoms with Crippen LogP contribution in [0.1, 0.15) is 12.5 Å². The van der Waals surface area contributed by atoms with Crippen molar-refractivity contribution in [3.05, 3.63) is 40.9 Å². The minimum absolute atomic E-state index is 0.0616. The molecule has 0 spiro atoms. The maximum Gasteiger partial charge on any atom is 0.460 e. The first-order valence-electron chi connectivity index (χ1n) is 5.92. The Bertz CT molecular complexity index is 589. The van der Waals surface area contributed by atoms with Crippen LogP contribution < -0.4 is 5.32 Å². The summed E-state index contributed by atoms with van der Waals surface area (Å²) in [6, 6.07) is 3.68. The van der Waals surface area contributed by atoms with E-state index in [0.717, 1.165) is 6.07 Å². The number of amides is 1. The Labute approximate surface area is 123 Å². The van der Waals surface area contributed by atoms with Crippen molar-refractivity contribution in [2.24, 2.45) is 0 Å². The Balaban J connectivity index is 2.58. The van der Waals surface area contributed by atoms with E-state index >= 15 is 0 Å². The second-order valence-corrected chi connectivity index (χ2v) is 4.64. The topological polar surface area (TPSA) is 47.6 Å².